The maximum atomic E-state index is 10.9. The van der Waals surface area contributed by atoms with Gasteiger partial charge in [0.05, 0.1) is 11.4 Å². The molecule has 3 rings (SSSR count). The van der Waals surface area contributed by atoms with Crippen molar-refractivity contribution in [3.05, 3.63) is 78.1 Å². The summed E-state index contributed by atoms with van der Waals surface area (Å²) in [6.07, 6.45) is 1.25. The van der Waals surface area contributed by atoms with Crippen LogP contribution in [0.3, 0.4) is 0 Å². The molecule has 0 fully saturated rings. The summed E-state index contributed by atoms with van der Waals surface area (Å²) in [4.78, 5) is 25.8. The third kappa shape index (κ3) is 3.64. The monoisotopic (exact) mass is 315 g/mol. The van der Waals surface area contributed by atoms with E-state index in [0.717, 1.165) is 16.8 Å². The smallest absolute Gasteiger partial charge is 0.168 e. The highest BCUT2D eigenvalue weighted by atomic mass is 16.1. The lowest BCUT2D eigenvalue weighted by Crippen LogP contribution is -1.94. The Morgan fingerprint density at radius 3 is 1.75 bits per heavy atom. The van der Waals surface area contributed by atoms with Gasteiger partial charge in [-0.05, 0) is 47.5 Å². The third-order valence-electron chi connectivity index (χ3n) is 3.34. The predicted molar refractivity (Wildman–Crippen MR) is 91.1 cm³/mol. The van der Waals surface area contributed by atoms with Crippen molar-refractivity contribution in [2.45, 2.75) is 0 Å². The molecule has 0 saturated heterocycles. The van der Waals surface area contributed by atoms with Crippen LogP contribution >= 0.6 is 0 Å². The second-order valence-electron chi connectivity index (χ2n) is 5.02. The van der Waals surface area contributed by atoms with Gasteiger partial charge in [0.15, 0.2) is 12.6 Å². The first-order chi connectivity index (χ1) is 11.8. The maximum absolute atomic E-state index is 10.9. The van der Waals surface area contributed by atoms with Crippen molar-refractivity contribution in [3.8, 4) is 11.1 Å². The van der Waals surface area contributed by atoms with Crippen molar-refractivity contribution in [1.82, 2.24) is 4.98 Å². The number of rotatable bonds is 5. The van der Waals surface area contributed by atoms with E-state index in [2.05, 4.69) is 15.2 Å². The van der Waals surface area contributed by atoms with E-state index in [0.29, 0.717) is 18.3 Å². The predicted octanol–water partition coefficient (Wildman–Crippen LogP) is 4.79. The standard InChI is InChI=1S/C19H13N3O2/c23-12-18-10-15(11-19(13-24)20-18)14-6-8-17(9-7-14)22-21-16-4-2-1-3-5-16/h1-13H. The molecule has 0 unspecified atom stereocenters. The van der Waals surface area contributed by atoms with Gasteiger partial charge in [0.2, 0.25) is 0 Å². The number of aromatic nitrogens is 1. The first kappa shape index (κ1) is 15.4. The Kier molecular flexibility index (Phi) is 4.62. The summed E-state index contributed by atoms with van der Waals surface area (Å²) in [6, 6.07) is 20.1. The van der Waals surface area contributed by atoms with Gasteiger partial charge in [-0.2, -0.15) is 10.2 Å². The van der Waals surface area contributed by atoms with Crippen molar-refractivity contribution in [3.63, 3.8) is 0 Å². The van der Waals surface area contributed by atoms with Gasteiger partial charge in [-0.1, -0.05) is 30.3 Å². The van der Waals surface area contributed by atoms with Crippen molar-refractivity contribution in [2.24, 2.45) is 10.2 Å². The Morgan fingerprint density at radius 1 is 0.667 bits per heavy atom. The van der Waals surface area contributed by atoms with Crippen molar-refractivity contribution in [1.29, 1.82) is 0 Å². The third-order valence-corrected chi connectivity index (χ3v) is 3.34. The second kappa shape index (κ2) is 7.19. The molecular formula is C19H13N3O2. The molecule has 0 aliphatic carbocycles. The van der Waals surface area contributed by atoms with Crippen molar-refractivity contribution >= 4 is 23.9 Å². The minimum Gasteiger partial charge on any atom is -0.296 e. The summed E-state index contributed by atoms with van der Waals surface area (Å²) in [6.45, 7) is 0. The summed E-state index contributed by atoms with van der Waals surface area (Å²) in [5.41, 5.74) is 3.55. The van der Waals surface area contributed by atoms with E-state index in [4.69, 9.17) is 0 Å². The Bertz CT molecular complexity index is 862. The summed E-state index contributed by atoms with van der Waals surface area (Å²) >= 11 is 0. The van der Waals surface area contributed by atoms with Crippen LogP contribution in [0, 0.1) is 0 Å². The van der Waals surface area contributed by atoms with Gasteiger partial charge < -0.3 is 0 Å². The number of carbonyl (C=O) groups excluding carboxylic acids is 2. The van der Waals surface area contributed by atoms with E-state index in [1.165, 1.54) is 0 Å². The Morgan fingerprint density at radius 2 is 1.21 bits per heavy atom. The lowest BCUT2D eigenvalue weighted by molar-refractivity contribution is 0.111. The molecule has 0 bridgehead atoms. The topological polar surface area (TPSA) is 71.8 Å². The van der Waals surface area contributed by atoms with Crippen LogP contribution in [0.25, 0.3) is 11.1 Å². The number of benzene rings is 2. The van der Waals surface area contributed by atoms with Gasteiger partial charge >= 0.3 is 0 Å². The zero-order valence-corrected chi connectivity index (χ0v) is 12.7. The van der Waals surface area contributed by atoms with Crippen LogP contribution in [0.15, 0.2) is 77.0 Å². The van der Waals surface area contributed by atoms with Crippen LogP contribution < -0.4 is 0 Å². The van der Waals surface area contributed by atoms with Gasteiger partial charge in [0.1, 0.15) is 11.4 Å². The lowest BCUT2D eigenvalue weighted by atomic mass is 10.0. The van der Waals surface area contributed by atoms with Crippen LogP contribution in [-0.4, -0.2) is 17.6 Å². The Balaban J connectivity index is 1.86. The molecule has 3 aromatic rings. The zero-order chi connectivity index (χ0) is 16.8. The van der Waals surface area contributed by atoms with Gasteiger partial charge in [-0.15, -0.1) is 0 Å². The molecule has 5 nitrogen and oxygen atoms in total. The number of hydrogen-bond acceptors (Lipinski definition) is 5. The number of azo groups is 1. The zero-order valence-electron chi connectivity index (χ0n) is 12.7. The number of carbonyl (C=O) groups is 2. The normalized spacial score (nSPS) is 10.7. The molecule has 0 aliphatic rings. The number of nitrogens with zero attached hydrogens (tertiary/aromatic N) is 3. The van der Waals surface area contributed by atoms with E-state index in [1.54, 1.807) is 12.1 Å². The van der Waals surface area contributed by atoms with Crippen LogP contribution in [0.2, 0.25) is 0 Å². The lowest BCUT2D eigenvalue weighted by Gasteiger charge is -2.04. The van der Waals surface area contributed by atoms with E-state index >= 15 is 0 Å². The average molecular weight is 315 g/mol. The summed E-state index contributed by atoms with van der Waals surface area (Å²) in [5.74, 6) is 0. The fraction of sp³-hybridized carbons (Fsp3) is 0. The van der Waals surface area contributed by atoms with Crippen LogP contribution in [0.5, 0.6) is 0 Å². The molecular weight excluding hydrogens is 302 g/mol. The maximum Gasteiger partial charge on any atom is 0.168 e. The van der Waals surface area contributed by atoms with Crippen molar-refractivity contribution in [2.75, 3.05) is 0 Å². The summed E-state index contributed by atoms with van der Waals surface area (Å²) in [5, 5.41) is 8.34. The largest absolute Gasteiger partial charge is 0.296 e. The quantitative estimate of drug-likeness (QED) is 0.502. The molecule has 5 heteroatoms. The highest BCUT2D eigenvalue weighted by Gasteiger charge is 2.04. The van der Waals surface area contributed by atoms with Crippen LogP contribution in [-0.2, 0) is 0 Å². The Hall–Kier alpha value is -3.47. The first-order valence-corrected chi connectivity index (χ1v) is 7.28. The second-order valence-corrected chi connectivity index (χ2v) is 5.02. The summed E-state index contributed by atoms with van der Waals surface area (Å²) < 4.78 is 0. The van der Waals surface area contributed by atoms with E-state index in [-0.39, 0.29) is 11.4 Å². The molecule has 0 N–H and O–H groups in total. The highest BCUT2D eigenvalue weighted by molar-refractivity contribution is 5.82. The van der Waals surface area contributed by atoms with E-state index < -0.39 is 0 Å². The van der Waals surface area contributed by atoms with Crippen LogP contribution in [0.4, 0.5) is 11.4 Å². The number of aldehydes is 2. The van der Waals surface area contributed by atoms with Gasteiger partial charge in [0, 0.05) is 0 Å². The fourth-order valence-electron chi connectivity index (χ4n) is 2.19. The minimum absolute atomic E-state index is 0.224. The Labute approximate surface area is 138 Å². The molecule has 1 aromatic heterocycles. The molecule has 24 heavy (non-hydrogen) atoms. The molecule has 1 heterocycles. The minimum atomic E-state index is 0.224. The van der Waals surface area contributed by atoms with Gasteiger partial charge in [-0.3, -0.25) is 9.59 Å². The average Bonchev–Trinajstić information content (AvgIpc) is 2.67. The molecule has 116 valence electrons. The van der Waals surface area contributed by atoms with Gasteiger partial charge in [0.25, 0.3) is 0 Å². The SMILES string of the molecule is O=Cc1cc(-c2ccc(N=Nc3ccccc3)cc2)cc(C=O)n1. The molecule has 0 aliphatic heterocycles. The highest BCUT2D eigenvalue weighted by Crippen LogP contribution is 2.24. The first-order valence-electron chi connectivity index (χ1n) is 7.28. The van der Waals surface area contributed by atoms with Crippen molar-refractivity contribution < 1.29 is 9.59 Å². The number of hydrogen-bond donors (Lipinski definition) is 0. The van der Waals surface area contributed by atoms with E-state index in [1.807, 2.05) is 54.6 Å². The molecule has 0 spiro atoms. The molecule has 0 saturated carbocycles. The molecule has 2 aromatic carbocycles. The molecule has 0 atom stereocenters. The van der Waals surface area contributed by atoms with Crippen LogP contribution in [0.1, 0.15) is 21.0 Å². The molecule has 0 amide bonds. The number of pyridine rings is 1. The summed E-state index contributed by atoms with van der Waals surface area (Å²) in [7, 11) is 0. The fourth-order valence-corrected chi connectivity index (χ4v) is 2.19. The van der Waals surface area contributed by atoms with Gasteiger partial charge in [-0.25, -0.2) is 4.98 Å². The molecule has 0 radical (unpaired) electrons. The van der Waals surface area contributed by atoms with E-state index in [9.17, 15) is 9.59 Å².